The Balaban J connectivity index is 1.36. The van der Waals surface area contributed by atoms with Crippen molar-refractivity contribution in [1.82, 2.24) is 0 Å². The number of nitro benzene ring substituents is 2. The monoisotopic (exact) mass is 674 g/mol. The average molecular weight is 674 g/mol. The van der Waals surface area contributed by atoms with Crippen LogP contribution in [0, 0.1) is 20.2 Å². The molecule has 0 aliphatic rings. The van der Waals surface area contributed by atoms with Crippen molar-refractivity contribution in [3.05, 3.63) is 154 Å². The molecule has 0 aliphatic carbocycles. The third-order valence-corrected chi connectivity index (χ3v) is 11.8. The summed E-state index contributed by atoms with van der Waals surface area (Å²) in [5.74, 6) is 0. The zero-order valence-electron chi connectivity index (χ0n) is 24.6. The molecule has 7 heteroatoms. The molecule has 47 heavy (non-hydrogen) atoms. The standard InChI is InChI=1S/C40H22N2O4Se/c43-41(44)38-28-14-5-1-10-24(28)36(25-11-2-6-15-29(25)38)23-20-21-35-34(22-23)32-18-9-19-33(40(32)47-35)37-26-12-3-7-16-30(26)39(42(45)46)31-17-8-4-13-27(31)37/h1-22H. The molecule has 0 saturated heterocycles. The maximum absolute atomic E-state index is 12.4. The summed E-state index contributed by atoms with van der Waals surface area (Å²) in [5, 5.41) is 32.9. The van der Waals surface area contributed by atoms with E-state index in [0.29, 0.717) is 21.5 Å². The summed E-state index contributed by atoms with van der Waals surface area (Å²) >= 11 is -0.0105. The van der Waals surface area contributed by atoms with E-state index in [1.807, 2.05) is 97.1 Å². The van der Waals surface area contributed by atoms with Gasteiger partial charge in [-0.3, -0.25) is 0 Å². The minimum absolute atomic E-state index is 0.0105. The molecule has 8 aromatic carbocycles. The zero-order valence-corrected chi connectivity index (χ0v) is 26.4. The Hall–Kier alpha value is -5.88. The third kappa shape index (κ3) is 3.97. The molecule has 9 rings (SSSR count). The molecule has 0 radical (unpaired) electrons. The SMILES string of the molecule is O=[N+]([O-])c1c2ccccc2c(-c2ccc3[se]c4c(-c5c6ccccc6c([N+](=O)[O-])c6ccccc56)cccc4c3c2)c2ccccc12. The molecule has 0 spiro atoms. The summed E-state index contributed by atoms with van der Waals surface area (Å²) in [7, 11) is 0. The van der Waals surface area contributed by atoms with Gasteiger partial charge in [0.2, 0.25) is 0 Å². The summed E-state index contributed by atoms with van der Waals surface area (Å²) in [6.45, 7) is 0. The fourth-order valence-electron chi connectivity index (χ4n) is 7.36. The number of fused-ring (bicyclic) bond motifs is 7. The number of nitro groups is 2. The Bertz CT molecular complexity index is 2710. The number of benzene rings is 8. The van der Waals surface area contributed by atoms with Crippen LogP contribution < -0.4 is 0 Å². The fourth-order valence-corrected chi connectivity index (χ4v) is 9.88. The first kappa shape index (κ1) is 27.4. The normalized spacial score (nSPS) is 11.7. The van der Waals surface area contributed by atoms with Gasteiger partial charge in [0.1, 0.15) is 0 Å². The maximum atomic E-state index is 12.4. The number of nitrogens with zero attached hydrogens (tertiary/aromatic N) is 2. The molecule has 0 atom stereocenters. The van der Waals surface area contributed by atoms with Gasteiger partial charge in [-0.15, -0.1) is 0 Å². The van der Waals surface area contributed by atoms with Crippen LogP contribution in [0.2, 0.25) is 0 Å². The number of non-ortho nitro benzene ring substituents is 2. The second kappa shape index (κ2) is 10.3. The van der Waals surface area contributed by atoms with Gasteiger partial charge in [-0.05, 0) is 0 Å². The Kier molecular flexibility index (Phi) is 6.03. The first-order chi connectivity index (χ1) is 23.0. The molecule has 1 heterocycles. The second-order valence-electron chi connectivity index (χ2n) is 11.6. The van der Waals surface area contributed by atoms with Crippen LogP contribution >= 0.6 is 0 Å². The Morgan fingerprint density at radius 3 is 1.32 bits per heavy atom. The summed E-state index contributed by atoms with van der Waals surface area (Å²) < 4.78 is 2.50. The first-order valence-electron chi connectivity index (χ1n) is 15.1. The molecule has 6 nitrogen and oxygen atoms in total. The number of hydrogen-bond donors (Lipinski definition) is 0. The van der Waals surface area contributed by atoms with Crippen LogP contribution in [-0.2, 0) is 0 Å². The molecule has 222 valence electrons. The van der Waals surface area contributed by atoms with Gasteiger partial charge in [-0.2, -0.15) is 0 Å². The van der Waals surface area contributed by atoms with Crippen LogP contribution in [0.4, 0.5) is 11.4 Å². The average Bonchev–Trinajstić information content (AvgIpc) is 3.47. The molecule has 0 bridgehead atoms. The van der Waals surface area contributed by atoms with Gasteiger partial charge in [-0.25, -0.2) is 0 Å². The minimum atomic E-state index is -0.275. The molecule has 0 N–H and O–H groups in total. The van der Waals surface area contributed by atoms with Crippen LogP contribution in [0.3, 0.4) is 0 Å². The fraction of sp³-hybridized carbons (Fsp3) is 0. The van der Waals surface area contributed by atoms with E-state index in [-0.39, 0.29) is 35.7 Å². The van der Waals surface area contributed by atoms with E-state index in [1.54, 1.807) is 0 Å². The van der Waals surface area contributed by atoms with Crippen molar-refractivity contribution in [2.24, 2.45) is 0 Å². The summed E-state index contributed by atoms with van der Waals surface area (Å²) in [5.41, 5.74) is 4.35. The van der Waals surface area contributed by atoms with Crippen LogP contribution in [0.25, 0.3) is 84.6 Å². The van der Waals surface area contributed by atoms with Gasteiger partial charge < -0.3 is 0 Å². The van der Waals surface area contributed by atoms with Gasteiger partial charge in [0.15, 0.2) is 0 Å². The van der Waals surface area contributed by atoms with Crippen molar-refractivity contribution in [2.45, 2.75) is 0 Å². The van der Waals surface area contributed by atoms with Gasteiger partial charge in [-0.1, -0.05) is 0 Å². The number of hydrogen-bond acceptors (Lipinski definition) is 4. The summed E-state index contributed by atoms with van der Waals surface area (Å²) in [4.78, 5) is 24.1. The van der Waals surface area contributed by atoms with E-state index in [1.165, 1.54) is 8.52 Å². The molecule has 0 saturated carbocycles. The van der Waals surface area contributed by atoms with E-state index in [2.05, 4.69) is 36.4 Å². The van der Waals surface area contributed by atoms with Crippen LogP contribution in [0.1, 0.15) is 0 Å². The van der Waals surface area contributed by atoms with Crippen LogP contribution in [0.15, 0.2) is 133 Å². The van der Waals surface area contributed by atoms with Crippen LogP contribution in [0.5, 0.6) is 0 Å². The Morgan fingerprint density at radius 2 is 0.851 bits per heavy atom. The zero-order chi connectivity index (χ0) is 31.8. The van der Waals surface area contributed by atoms with E-state index < -0.39 is 0 Å². The van der Waals surface area contributed by atoms with E-state index in [4.69, 9.17) is 0 Å². The van der Waals surface area contributed by atoms with Gasteiger partial charge in [0.25, 0.3) is 0 Å². The predicted octanol–water partition coefficient (Wildman–Crippen LogP) is 10.8. The summed E-state index contributed by atoms with van der Waals surface area (Å²) in [6.07, 6.45) is 0. The van der Waals surface area contributed by atoms with Crippen molar-refractivity contribution < 1.29 is 9.85 Å². The summed E-state index contributed by atoms with van der Waals surface area (Å²) in [6, 6.07) is 43.4. The van der Waals surface area contributed by atoms with Crippen molar-refractivity contribution >= 4 is 88.3 Å². The van der Waals surface area contributed by atoms with Crippen molar-refractivity contribution in [3.63, 3.8) is 0 Å². The van der Waals surface area contributed by atoms with Crippen LogP contribution in [-0.4, -0.2) is 24.4 Å². The molecule has 0 amide bonds. The van der Waals surface area contributed by atoms with Gasteiger partial charge in [0, 0.05) is 0 Å². The Labute approximate surface area is 273 Å². The molecule has 0 aliphatic heterocycles. The third-order valence-electron chi connectivity index (χ3n) is 9.23. The second-order valence-corrected chi connectivity index (χ2v) is 13.8. The molecular formula is C40H22N2O4Se. The molecule has 0 fully saturated rings. The quantitative estimate of drug-likeness (QED) is 0.0805. The van der Waals surface area contributed by atoms with Crippen molar-refractivity contribution in [1.29, 1.82) is 0 Å². The number of rotatable bonds is 4. The molecule has 0 unspecified atom stereocenters. The van der Waals surface area contributed by atoms with E-state index >= 15 is 0 Å². The molecule has 9 aromatic rings. The van der Waals surface area contributed by atoms with E-state index in [9.17, 15) is 20.2 Å². The van der Waals surface area contributed by atoms with Gasteiger partial charge in [0.05, 0.1) is 0 Å². The first-order valence-corrected chi connectivity index (χ1v) is 16.8. The van der Waals surface area contributed by atoms with Crippen molar-refractivity contribution in [2.75, 3.05) is 0 Å². The molecular weight excluding hydrogens is 651 g/mol. The van der Waals surface area contributed by atoms with Gasteiger partial charge >= 0.3 is 274 Å². The molecule has 1 aromatic heterocycles. The Morgan fingerprint density at radius 1 is 0.426 bits per heavy atom. The predicted molar refractivity (Wildman–Crippen MR) is 193 cm³/mol. The van der Waals surface area contributed by atoms with E-state index in [0.717, 1.165) is 54.6 Å². The van der Waals surface area contributed by atoms with Crippen molar-refractivity contribution in [3.8, 4) is 22.3 Å². The topological polar surface area (TPSA) is 86.3 Å².